The van der Waals surface area contributed by atoms with E-state index >= 15 is 0 Å². The summed E-state index contributed by atoms with van der Waals surface area (Å²) < 4.78 is 37.0. The van der Waals surface area contributed by atoms with Crippen LogP contribution in [0.25, 0.3) is 0 Å². The van der Waals surface area contributed by atoms with Crippen LogP contribution in [-0.4, -0.2) is 11.8 Å². The molecule has 1 nitrogen and oxygen atoms in total. The highest BCUT2D eigenvalue weighted by molar-refractivity contribution is 7.99. The van der Waals surface area contributed by atoms with Gasteiger partial charge in [0.05, 0.1) is 10.9 Å². The van der Waals surface area contributed by atoms with Crippen molar-refractivity contribution in [3.63, 3.8) is 0 Å². The van der Waals surface area contributed by atoms with Crippen LogP contribution in [0.15, 0.2) is 24.3 Å². The van der Waals surface area contributed by atoms with Gasteiger partial charge in [0.15, 0.2) is 0 Å². The average Bonchev–Trinajstić information content (AvgIpc) is 2.64. The van der Waals surface area contributed by atoms with Crippen molar-refractivity contribution in [3.05, 3.63) is 35.4 Å². The van der Waals surface area contributed by atoms with E-state index in [1.807, 2.05) is 0 Å². The minimum Gasteiger partial charge on any atom is -0.298 e. The molecule has 1 aromatic rings. The zero-order valence-electron chi connectivity index (χ0n) is 8.71. The van der Waals surface area contributed by atoms with Crippen LogP contribution in [0.4, 0.5) is 13.2 Å². The Hall–Kier alpha value is -0.680. The van der Waals surface area contributed by atoms with Crippen LogP contribution in [0.2, 0.25) is 0 Å². The number of benzene rings is 1. The van der Waals surface area contributed by atoms with Crippen molar-refractivity contribution in [2.24, 2.45) is 0 Å². The number of nitrogens with one attached hydrogen (secondary N) is 1. The van der Waals surface area contributed by atoms with E-state index in [1.165, 1.54) is 0 Å². The van der Waals surface area contributed by atoms with Gasteiger partial charge in [-0.25, -0.2) is 0 Å². The van der Waals surface area contributed by atoms with Crippen LogP contribution in [0.5, 0.6) is 0 Å². The van der Waals surface area contributed by atoms with Gasteiger partial charge in [0.25, 0.3) is 0 Å². The van der Waals surface area contributed by atoms with Crippen LogP contribution in [-0.2, 0) is 6.18 Å². The highest BCUT2D eigenvalue weighted by atomic mass is 32.2. The summed E-state index contributed by atoms with van der Waals surface area (Å²) in [6.45, 7) is 2.07. The number of hydrogen-bond donors (Lipinski definition) is 1. The molecule has 1 N–H and O–H groups in total. The number of thioether (sulfide) groups is 1. The SMILES string of the molecule is CC1CSC(c2ccc(C(F)(F)F)cc2)N1. The average molecular weight is 247 g/mol. The van der Waals surface area contributed by atoms with E-state index in [2.05, 4.69) is 12.2 Å². The maximum Gasteiger partial charge on any atom is 0.416 e. The summed E-state index contributed by atoms with van der Waals surface area (Å²) in [5, 5.41) is 3.43. The predicted octanol–water partition coefficient (Wildman–Crippen LogP) is 3.43. The molecule has 2 unspecified atom stereocenters. The lowest BCUT2D eigenvalue weighted by molar-refractivity contribution is -0.137. The van der Waals surface area contributed by atoms with Gasteiger partial charge in [-0.1, -0.05) is 12.1 Å². The van der Waals surface area contributed by atoms with Gasteiger partial charge in [-0.05, 0) is 24.6 Å². The number of alkyl halides is 3. The Morgan fingerprint density at radius 1 is 1.25 bits per heavy atom. The Morgan fingerprint density at radius 3 is 2.31 bits per heavy atom. The van der Waals surface area contributed by atoms with E-state index in [0.717, 1.165) is 23.4 Å². The molecule has 0 amide bonds. The standard InChI is InChI=1S/C11H12F3NS/c1-7-6-16-10(15-7)8-2-4-9(5-3-8)11(12,13)14/h2-5,7,10,15H,6H2,1H3. The minimum absolute atomic E-state index is 0.122. The van der Waals surface area contributed by atoms with Gasteiger partial charge in [0, 0.05) is 11.8 Å². The molecule has 1 aliphatic heterocycles. The summed E-state index contributed by atoms with van der Waals surface area (Å²) in [5.41, 5.74) is 0.314. The second-order valence-corrected chi connectivity index (χ2v) is 5.04. The van der Waals surface area contributed by atoms with Crippen LogP contribution in [0.3, 0.4) is 0 Å². The lowest BCUT2D eigenvalue weighted by Crippen LogP contribution is -2.21. The molecule has 5 heteroatoms. The predicted molar refractivity (Wildman–Crippen MR) is 59.2 cm³/mol. The van der Waals surface area contributed by atoms with Gasteiger partial charge in [0.1, 0.15) is 0 Å². The summed E-state index contributed by atoms with van der Waals surface area (Å²) in [4.78, 5) is 0. The molecule has 0 aromatic heterocycles. The minimum atomic E-state index is -4.25. The number of halogens is 3. The molecule has 1 saturated heterocycles. The second kappa shape index (κ2) is 4.30. The van der Waals surface area contributed by atoms with Gasteiger partial charge < -0.3 is 0 Å². The molecule has 0 radical (unpaired) electrons. The van der Waals surface area contributed by atoms with Crippen molar-refractivity contribution in [1.82, 2.24) is 5.32 Å². The molecular weight excluding hydrogens is 235 g/mol. The molecule has 88 valence electrons. The van der Waals surface area contributed by atoms with Gasteiger partial charge in [-0.3, -0.25) is 5.32 Å². The Bertz CT molecular complexity index is 360. The first-order valence-electron chi connectivity index (χ1n) is 5.01. The van der Waals surface area contributed by atoms with Crippen LogP contribution in [0, 0.1) is 0 Å². The third kappa shape index (κ3) is 2.52. The van der Waals surface area contributed by atoms with Crippen LogP contribution < -0.4 is 5.32 Å². The smallest absolute Gasteiger partial charge is 0.298 e. The summed E-state index contributed by atoms with van der Waals surface area (Å²) >= 11 is 1.72. The van der Waals surface area contributed by atoms with E-state index in [1.54, 1.807) is 23.9 Å². The van der Waals surface area contributed by atoms with Gasteiger partial charge in [-0.2, -0.15) is 13.2 Å². The topological polar surface area (TPSA) is 12.0 Å². The summed E-state index contributed by atoms with van der Waals surface area (Å²) in [6.07, 6.45) is -4.25. The first-order valence-corrected chi connectivity index (χ1v) is 6.06. The summed E-state index contributed by atoms with van der Waals surface area (Å²) in [7, 11) is 0. The molecule has 1 aromatic carbocycles. The van der Waals surface area contributed by atoms with Crippen LogP contribution in [0.1, 0.15) is 23.4 Å². The first-order chi connectivity index (χ1) is 7.47. The zero-order valence-corrected chi connectivity index (χ0v) is 9.53. The van der Waals surface area contributed by atoms with Crippen molar-refractivity contribution >= 4 is 11.8 Å². The Morgan fingerprint density at radius 2 is 1.88 bits per heavy atom. The largest absolute Gasteiger partial charge is 0.416 e. The molecule has 2 rings (SSSR count). The molecular formula is C11H12F3NS. The molecule has 0 bridgehead atoms. The molecule has 1 aliphatic rings. The Balaban J connectivity index is 2.14. The molecule has 16 heavy (non-hydrogen) atoms. The molecule has 0 spiro atoms. The normalized spacial score (nSPS) is 26.0. The van der Waals surface area contributed by atoms with E-state index in [4.69, 9.17) is 0 Å². The fourth-order valence-corrected chi connectivity index (χ4v) is 2.89. The molecule has 0 saturated carbocycles. The maximum atomic E-state index is 12.3. The van der Waals surface area contributed by atoms with E-state index in [0.29, 0.717) is 6.04 Å². The van der Waals surface area contributed by atoms with Crippen molar-refractivity contribution in [2.45, 2.75) is 24.5 Å². The van der Waals surface area contributed by atoms with E-state index in [9.17, 15) is 13.2 Å². The van der Waals surface area contributed by atoms with Gasteiger partial charge in [0.2, 0.25) is 0 Å². The fraction of sp³-hybridized carbons (Fsp3) is 0.455. The first kappa shape index (κ1) is 11.8. The lowest BCUT2D eigenvalue weighted by atomic mass is 10.1. The van der Waals surface area contributed by atoms with E-state index in [-0.39, 0.29) is 5.37 Å². The van der Waals surface area contributed by atoms with Crippen molar-refractivity contribution in [3.8, 4) is 0 Å². The van der Waals surface area contributed by atoms with Crippen molar-refractivity contribution in [1.29, 1.82) is 0 Å². The van der Waals surface area contributed by atoms with Gasteiger partial charge in [-0.15, -0.1) is 11.8 Å². The van der Waals surface area contributed by atoms with Crippen molar-refractivity contribution < 1.29 is 13.2 Å². The van der Waals surface area contributed by atoms with Crippen molar-refractivity contribution in [2.75, 3.05) is 5.75 Å². The van der Waals surface area contributed by atoms with Gasteiger partial charge >= 0.3 is 6.18 Å². The fourth-order valence-electron chi connectivity index (χ4n) is 1.63. The van der Waals surface area contributed by atoms with Crippen LogP contribution >= 0.6 is 11.8 Å². The third-order valence-corrected chi connectivity index (χ3v) is 3.92. The zero-order chi connectivity index (χ0) is 11.8. The van der Waals surface area contributed by atoms with E-state index < -0.39 is 11.7 Å². The second-order valence-electron chi connectivity index (χ2n) is 3.90. The molecule has 0 aliphatic carbocycles. The quantitative estimate of drug-likeness (QED) is 0.816. The Labute approximate surface area is 96.4 Å². The third-order valence-electron chi connectivity index (χ3n) is 2.49. The monoisotopic (exact) mass is 247 g/mol. The number of rotatable bonds is 1. The highest BCUT2D eigenvalue weighted by Crippen LogP contribution is 2.35. The number of hydrogen-bond acceptors (Lipinski definition) is 2. The summed E-state index contributed by atoms with van der Waals surface area (Å²) in [5.74, 6) is 0.992. The lowest BCUT2D eigenvalue weighted by Gasteiger charge is -2.12. The Kier molecular flexibility index (Phi) is 3.17. The maximum absolute atomic E-state index is 12.3. The molecule has 1 heterocycles. The molecule has 1 fully saturated rings. The molecule has 2 atom stereocenters. The summed E-state index contributed by atoms with van der Waals surface area (Å²) in [6, 6.07) is 5.79. The highest BCUT2D eigenvalue weighted by Gasteiger charge is 2.30.